The van der Waals surface area contributed by atoms with E-state index in [2.05, 4.69) is 30.2 Å². The topological polar surface area (TPSA) is 122 Å². The molecule has 10 nitrogen and oxygen atoms in total. The first-order valence-corrected chi connectivity index (χ1v) is 8.76. The Morgan fingerprint density at radius 1 is 1.26 bits per heavy atom. The molecule has 0 atom stereocenters. The molecule has 1 saturated heterocycles. The van der Waals surface area contributed by atoms with E-state index in [4.69, 9.17) is 10.5 Å². The highest BCUT2D eigenvalue weighted by Gasteiger charge is 2.17. The molecule has 0 aromatic carbocycles. The Hall–Kier alpha value is -3.01. The van der Waals surface area contributed by atoms with Crippen LogP contribution in [-0.4, -0.2) is 77.7 Å². The Morgan fingerprint density at radius 2 is 1.96 bits per heavy atom. The number of anilines is 3. The van der Waals surface area contributed by atoms with Crippen LogP contribution in [0.1, 0.15) is 6.42 Å². The van der Waals surface area contributed by atoms with Gasteiger partial charge in [-0.15, -0.1) is 0 Å². The Kier molecular flexibility index (Phi) is 5.97. The van der Waals surface area contributed by atoms with E-state index in [0.717, 1.165) is 18.7 Å². The maximum Gasteiger partial charge on any atom is 0.228 e. The summed E-state index contributed by atoms with van der Waals surface area (Å²) < 4.78 is 5.40. The molecule has 3 rings (SSSR count). The van der Waals surface area contributed by atoms with Crippen molar-refractivity contribution in [1.29, 1.82) is 0 Å². The van der Waals surface area contributed by atoms with Crippen molar-refractivity contribution in [2.45, 2.75) is 6.42 Å². The monoisotopic (exact) mass is 372 g/mol. The lowest BCUT2D eigenvalue weighted by Crippen LogP contribution is -2.37. The molecule has 1 fully saturated rings. The predicted octanol–water partition coefficient (Wildman–Crippen LogP) is 0.243. The third kappa shape index (κ3) is 5.00. The number of carbonyl (C=O) groups is 1. The van der Waals surface area contributed by atoms with E-state index < -0.39 is 0 Å². The van der Waals surface area contributed by atoms with E-state index in [0.29, 0.717) is 43.6 Å². The molecule has 10 heteroatoms. The number of aromatic nitrogens is 4. The van der Waals surface area contributed by atoms with Crippen molar-refractivity contribution in [2.24, 2.45) is 0 Å². The molecule has 1 aliphatic heterocycles. The number of nitrogen functional groups attached to an aromatic ring is 1. The fourth-order valence-electron chi connectivity index (χ4n) is 2.57. The van der Waals surface area contributed by atoms with E-state index in [1.807, 2.05) is 6.07 Å². The highest BCUT2D eigenvalue weighted by Crippen LogP contribution is 2.23. The lowest BCUT2D eigenvalue weighted by molar-refractivity contribution is -0.128. The van der Waals surface area contributed by atoms with E-state index in [-0.39, 0.29) is 11.9 Å². The second kappa shape index (κ2) is 8.58. The average molecular weight is 372 g/mol. The van der Waals surface area contributed by atoms with Crippen LogP contribution in [0, 0.1) is 0 Å². The molecule has 0 radical (unpaired) electrons. The van der Waals surface area contributed by atoms with Crippen LogP contribution < -0.4 is 16.0 Å². The van der Waals surface area contributed by atoms with Gasteiger partial charge >= 0.3 is 0 Å². The minimum absolute atomic E-state index is 0.0529. The number of nitrogens with one attached hydrogen (secondary N) is 1. The quantitative estimate of drug-likeness (QED) is 0.734. The van der Waals surface area contributed by atoms with Crippen LogP contribution in [0.5, 0.6) is 0 Å². The number of nitrogens with zero attached hydrogens (tertiary/aromatic N) is 6. The zero-order valence-corrected chi connectivity index (χ0v) is 15.6. The molecule has 27 heavy (non-hydrogen) atoms. The number of amides is 1. The van der Waals surface area contributed by atoms with Gasteiger partial charge in [0.15, 0.2) is 0 Å². The number of carbonyl (C=O) groups excluding carboxylic acids is 1. The van der Waals surface area contributed by atoms with Gasteiger partial charge in [-0.05, 0) is 0 Å². The van der Waals surface area contributed by atoms with Crippen molar-refractivity contribution in [2.75, 3.05) is 62.9 Å². The average Bonchev–Trinajstić information content (AvgIpc) is 2.69. The SMILES string of the molecule is CN(C)C(=O)CCNc1cc(-c2cnc(N)nc2)nc(N2CCOCC2)n1. The molecule has 3 N–H and O–H groups in total. The van der Waals surface area contributed by atoms with Crippen molar-refractivity contribution >= 4 is 23.6 Å². The third-order valence-corrected chi connectivity index (χ3v) is 4.12. The maximum absolute atomic E-state index is 11.8. The molecular weight excluding hydrogens is 348 g/mol. The number of morpholine rings is 1. The standard InChI is InChI=1S/C17H24N8O2/c1-24(2)15(26)3-4-19-14-9-13(12-10-20-16(18)21-11-12)22-17(23-14)25-5-7-27-8-6-25/h9-11H,3-8H2,1-2H3,(H2,18,20,21)(H,19,22,23). The summed E-state index contributed by atoms with van der Waals surface area (Å²) in [4.78, 5) is 32.7. The summed E-state index contributed by atoms with van der Waals surface area (Å²) >= 11 is 0. The highest BCUT2D eigenvalue weighted by atomic mass is 16.5. The Morgan fingerprint density at radius 3 is 2.63 bits per heavy atom. The van der Waals surface area contributed by atoms with Gasteiger partial charge in [0.1, 0.15) is 5.82 Å². The lowest BCUT2D eigenvalue weighted by atomic mass is 10.2. The van der Waals surface area contributed by atoms with E-state index in [1.165, 1.54) is 0 Å². The molecule has 0 saturated carbocycles. The van der Waals surface area contributed by atoms with Crippen LogP contribution >= 0.6 is 0 Å². The van der Waals surface area contributed by atoms with Crippen LogP contribution in [0.4, 0.5) is 17.7 Å². The number of ether oxygens (including phenoxy) is 1. The molecule has 1 amide bonds. The molecule has 0 unspecified atom stereocenters. The zero-order chi connectivity index (χ0) is 19.2. The minimum atomic E-state index is 0.0529. The summed E-state index contributed by atoms with van der Waals surface area (Å²) in [5.74, 6) is 1.51. The lowest BCUT2D eigenvalue weighted by Gasteiger charge is -2.27. The largest absolute Gasteiger partial charge is 0.378 e. The van der Waals surface area contributed by atoms with Crippen molar-refractivity contribution in [3.63, 3.8) is 0 Å². The predicted molar refractivity (Wildman–Crippen MR) is 102 cm³/mol. The second-order valence-corrected chi connectivity index (χ2v) is 6.33. The van der Waals surface area contributed by atoms with Gasteiger partial charge in [0, 0.05) is 64.2 Å². The summed E-state index contributed by atoms with van der Waals surface area (Å²) in [7, 11) is 3.48. The number of hydrogen-bond donors (Lipinski definition) is 2. The maximum atomic E-state index is 11.8. The highest BCUT2D eigenvalue weighted by molar-refractivity contribution is 5.76. The van der Waals surface area contributed by atoms with Gasteiger partial charge in [0.2, 0.25) is 17.8 Å². The van der Waals surface area contributed by atoms with E-state index in [1.54, 1.807) is 31.4 Å². The van der Waals surface area contributed by atoms with Crippen molar-refractivity contribution in [3.05, 3.63) is 18.5 Å². The van der Waals surface area contributed by atoms with Crippen LogP contribution in [0.25, 0.3) is 11.3 Å². The summed E-state index contributed by atoms with van der Waals surface area (Å²) in [6, 6.07) is 1.82. The van der Waals surface area contributed by atoms with Gasteiger partial charge < -0.3 is 25.6 Å². The minimum Gasteiger partial charge on any atom is -0.378 e. The first-order valence-electron chi connectivity index (χ1n) is 8.76. The van der Waals surface area contributed by atoms with Gasteiger partial charge in [-0.25, -0.2) is 15.0 Å². The third-order valence-electron chi connectivity index (χ3n) is 4.12. The van der Waals surface area contributed by atoms with Gasteiger partial charge in [0.05, 0.1) is 18.9 Å². The molecular formula is C17H24N8O2. The molecule has 0 aliphatic carbocycles. The summed E-state index contributed by atoms with van der Waals surface area (Å²) in [6.45, 7) is 3.20. The molecule has 2 aromatic heterocycles. The van der Waals surface area contributed by atoms with Crippen LogP contribution in [0.3, 0.4) is 0 Å². The van der Waals surface area contributed by atoms with Crippen LogP contribution in [0.2, 0.25) is 0 Å². The number of nitrogens with two attached hydrogens (primary N) is 1. The Balaban J connectivity index is 1.83. The van der Waals surface area contributed by atoms with Crippen molar-refractivity contribution in [3.8, 4) is 11.3 Å². The summed E-state index contributed by atoms with van der Waals surface area (Å²) in [6.07, 6.45) is 3.64. The first-order chi connectivity index (χ1) is 13.0. The molecule has 2 aromatic rings. The van der Waals surface area contributed by atoms with Crippen molar-refractivity contribution < 1.29 is 9.53 Å². The number of hydrogen-bond acceptors (Lipinski definition) is 9. The van der Waals surface area contributed by atoms with Crippen LogP contribution in [-0.2, 0) is 9.53 Å². The Bertz CT molecular complexity index is 775. The summed E-state index contributed by atoms with van der Waals surface area (Å²) in [5, 5.41) is 3.21. The smallest absolute Gasteiger partial charge is 0.228 e. The fourth-order valence-corrected chi connectivity index (χ4v) is 2.57. The molecule has 0 bridgehead atoms. The zero-order valence-electron chi connectivity index (χ0n) is 15.6. The fraction of sp³-hybridized carbons (Fsp3) is 0.471. The van der Waals surface area contributed by atoms with Gasteiger partial charge in [-0.1, -0.05) is 0 Å². The number of rotatable bonds is 6. The van der Waals surface area contributed by atoms with Gasteiger partial charge in [-0.3, -0.25) is 4.79 Å². The van der Waals surface area contributed by atoms with E-state index >= 15 is 0 Å². The van der Waals surface area contributed by atoms with Crippen molar-refractivity contribution in [1.82, 2.24) is 24.8 Å². The first kappa shape index (κ1) is 18.8. The van der Waals surface area contributed by atoms with Gasteiger partial charge in [0.25, 0.3) is 0 Å². The van der Waals surface area contributed by atoms with Gasteiger partial charge in [-0.2, -0.15) is 4.98 Å². The Labute approximate surface area is 157 Å². The molecule has 1 aliphatic rings. The second-order valence-electron chi connectivity index (χ2n) is 6.33. The normalized spacial score (nSPS) is 14.1. The molecule has 3 heterocycles. The summed E-state index contributed by atoms with van der Waals surface area (Å²) in [5.41, 5.74) is 7.01. The van der Waals surface area contributed by atoms with Crippen LogP contribution in [0.15, 0.2) is 18.5 Å². The molecule has 0 spiro atoms. The van der Waals surface area contributed by atoms with E-state index in [9.17, 15) is 4.79 Å². The molecule has 144 valence electrons.